The Bertz CT molecular complexity index is 463. The Morgan fingerprint density at radius 3 is 2.61 bits per heavy atom. The number of benzene rings is 1. The van der Waals surface area contributed by atoms with Gasteiger partial charge in [-0.15, -0.1) is 0 Å². The number of nitrogens with zero attached hydrogens (tertiary/aromatic N) is 1. The lowest BCUT2D eigenvalue weighted by Gasteiger charge is -2.23. The van der Waals surface area contributed by atoms with Gasteiger partial charge in [0.2, 0.25) is 5.91 Å². The lowest BCUT2D eigenvalue weighted by atomic mass is 10.1. The first-order valence-corrected chi connectivity index (χ1v) is 6.27. The molecule has 1 amide bonds. The number of hydrogen-bond acceptors (Lipinski definition) is 3. The number of carboxylic acids is 1. The summed E-state index contributed by atoms with van der Waals surface area (Å²) in [5, 5.41) is 11.7. The van der Waals surface area contributed by atoms with E-state index >= 15 is 0 Å². The van der Waals surface area contributed by atoms with E-state index in [1.54, 1.807) is 24.1 Å². The standard InChI is InChI=1S/C12H15BrN2O3/c1-3-15(7-11(16)14-2)10-5-4-8(13)6-9(10)12(17)18/h4-6H,3,7H2,1-2H3,(H,14,16)(H,17,18). The van der Waals surface area contributed by atoms with E-state index in [1.807, 2.05) is 6.92 Å². The summed E-state index contributed by atoms with van der Waals surface area (Å²) in [5.41, 5.74) is 0.715. The molecule has 1 aromatic carbocycles. The number of anilines is 1. The fourth-order valence-electron chi connectivity index (χ4n) is 1.58. The predicted molar refractivity (Wildman–Crippen MR) is 73.1 cm³/mol. The molecule has 0 aliphatic heterocycles. The predicted octanol–water partition coefficient (Wildman–Crippen LogP) is 1.72. The zero-order valence-corrected chi connectivity index (χ0v) is 11.8. The molecule has 0 spiro atoms. The summed E-state index contributed by atoms with van der Waals surface area (Å²) < 4.78 is 0.694. The second kappa shape index (κ2) is 6.39. The van der Waals surface area contributed by atoms with E-state index in [0.29, 0.717) is 16.7 Å². The lowest BCUT2D eigenvalue weighted by molar-refractivity contribution is -0.119. The normalized spacial score (nSPS) is 9.94. The number of nitrogens with one attached hydrogen (secondary N) is 1. The third-order valence-electron chi connectivity index (χ3n) is 2.52. The van der Waals surface area contributed by atoms with Crippen molar-refractivity contribution in [1.29, 1.82) is 0 Å². The number of carbonyl (C=O) groups excluding carboxylic acids is 1. The summed E-state index contributed by atoms with van der Waals surface area (Å²) in [6.07, 6.45) is 0. The molecule has 0 radical (unpaired) electrons. The third-order valence-corrected chi connectivity index (χ3v) is 3.02. The van der Waals surface area contributed by atoms with Gasteiger partial charge in [0.1, 0.15) is 0 Å². The highest BCUT2D eigenvalue weighted by Crippen LogP contribution is 2.24. The molecule has 18 heavy (non-hydrogen) atoms. The minimum Gasteiger partial charge on any atom is -0.478 e. The Hall–Kier alpha value is -1.56. The zero-order valence-electron chi connectivity index (χ0n) is 10.2. The van der Waals surface area contributed by atoms with Crippen molar-refractivity contribution in [3.05, 3.63) is 28.2 Å². The van der Waals surface area contributed by atoms with E-state index in [9.17, 15) is 14.7 Å². The van der Waals surface area contributed by atoms with Gasteiger partial charge in [0, 0.05) is 18.1 Å². The number of hydrogen-bond donors (Lipinski definition) is 2. The van der Waals surface area contributed by atoms with E-state index in [1.165, 1.54) is 6.07 Å². The smallest absolute Gasteiger partial charge is 0.337 e. The van der Waals surface area contributed by atoms with E-state index in [2.05, 4.69) is 21.2 Å². The Kier molecular flexibility index (Phi) is 5.15. The van der Waals surface area contributed by atoms with E-state index in [-0.39, 0.29) is 18.0 Å². The van der Waals surface area contributed by atoms with Crippen molar-refractivity contribution in [1.82, 2.24) is 5.32 Å². The first-order valence-electron chi connectivity index (χ1n) is 5.48. The highest BCUT2D eigenvalue weighted by molar-refractivity contribution is 9.10. The molecular formula is C12H15BrN2O3. The quantitative estimate of drug-likeness (QED) is 0.868. The molecule has 0 saturated heterocycles. The number of aromatic carboxylic acids is 1. The van der Waals surface area contributed by atoms with Gasteiger partial charge < -0.3 is 15.3 Å². The summed E-state index contributed by atoms with van der Waals surface area (Å²) >= 11 is 3.24. The molecule has 98 valence electrons. The molecule has 0 bridgehead atoms. The van der Waals surface area contributed by atoms with E-state index in [0.717, 1.165) is 0 Å². The van der Waals surface area contributed by atoms with Crippen molar-refractivity contribution in [2.75, 3.05) is 25.0 Å². The fourth-order valence-corrected chi connectivity index (χ4v) is 1.94. The van der Waals surface area contributed by atoms with Crippen LogP contribution in [-0.4, -0.2) is 37.1 Å². The summed E-state index contributed by atoms with van der Waals surface area (Å²) in [5.74, 6) is -1.17. The fraction of sp³-hybridized carbons (Fsp3) is 0.333. The van der Waals surface area contributed by atoms with Crippen LogP contribution >= 0.6 is 15.9 Å². The maximum atomic E-state index is 11.4. The topological polar surface area (TPSA) is 69.6 Å². The average molecular weight is 315 g/mol. The van der Waals surface area contributed by atoms with Crippen LogP contribution < -0.4 is 10.2 Å². The van der Waals surface area contributed by atoms with Crippen LogP contribution in [0.25, 0.3) is 0 Å². The second-order valence-corrected chi connectivity index (χ2v) is 4.57. The van der Waals surface area contributed by atoms with Crippen molar-refractivity contribution in [3.63, 3.8) is 0 Å². The minimum atomic E-state index is -1.01. The van der Waals surface area contributed by atoms with Crippen molar-refractivity contribution < 1.29 is 14.7 Å². The van der Waals surface area contributed by atoms with Gasteiger partial charge in [0.15, 0.2) is 0 Å². The molecule has 5 nitrogen and oxygen atoms in total. The molecule has 1 rings (SSSR count). The van der Waals surface area contributed by atoms with Gasteiger partial charge >= 0.3 is 5.97 Å². The van der Waals surface area contributed by atoms with Crippen molar-refractivity contribution >= 4 is 33.5 Å². The molecule has 0 heterocycles. The molecule has 0 fully saturated rings. The molecule has 0 saturated carbocycles. The van der Waals surface area contributed by atoms with Gasteiger partial charge in [-0.1, -0.05) is 15.9 Å². The highest BCUT2D eigenvalue weighted by atomic mass is 79.9. The lowest BCUT2D eigenvalue weighted by Crippen LogP contribution is -2.36. The Morgan fingerprint density at radius 1 is 1.44 bits per heavy atom. The van der Waals surface area contributed by atoms with Gasteiger partial charge in [-0.3, -0.25) is 4.79 Å². The van der Waals surface area contributed by atoms with Crippen LogP contribution in [0.1, 0.15) is 17.3 Å². The molecule has 0 atom stereocenters. The van der Waals surface area contributed by atoms with E-state index in [4.69, 9.17) is 0 Å². The number of rotatable bonds is 5. The number of carbonyl (C=O) groups is 2. The Labute approximate surface area is 114 Å². The molecular weight excluding hydrogens is 300 g/mol. The monoisotopic (exact) mass is 314 g/mol. The molecule has 6 heteroatoms. The van der Waals surface area contributed by atoms with Crippen LogP contribution in [0.2, 0.25) is 0 Å². The van der Waals surface area contributed by atoms with Crippen LogP contribution in [-0.2, 0) is 4.79 Å². The van der Waals surface area contributed by atoms with Gasteiger partial charge in [-0.2, -0.15) is 0 Å². The first kappa shape index (κ1) is 14.5. The van der Waals surface area contributed by atoms with Gasteiger partial charge in [-0.25, -0.2) is 4.79 Å². The van der Waals surface area contributed by atoms with Gasteiger partial charge in [-0.05, 0) is 25.1 Å². The summed E-state index contributed by atoms with van der Waals surface area (Å²) in [4.78, 5) is 24.3. The van der Waals surface area contributed by atoms with Crippen LogP contribution in [0, 0.1) is 0 Å². The largest absolute Gasteiger partial charge is 0.478 e. The molecule has 1 aromatic rings. The second-order valence-electron chi connectivity index (χ2n) is 3.65. The van der Waals surface area contributed by atoms with Crippen molar-refractivity contribution in [3.8, 4) is 0 Å². The van der Waals surface area contributed by atoms with Crippen LogP contribution in [0.15, 0.2) is 22.7 Å². The SMILES string of the molecule is CCN(CC(=O)NC)c1ccc(Br)cc1C(=O)O. The van der Waals surface area contributed by atoms with Crippen molar-refractivity contribution in [2.45, 2.75) is 6.92 Å². The molecule has 0 aliphatic carbocycles. The zero-order chi connectivity index (χ0) is 13.7. The third kappa shape index (κ3) is 3.46. The summed E-state index contributed by atoms with van der Waals surface area (Å²) in [7, 11) is 1.55. The number of amides is 1. The first-order chi connectivity index (χ1) is 8.49. The van der Waals surface area contributed by atoms with Gasteiger partial charge in [0.05, 0.1) is 17.8 Å². The number of halogens is 1. The number of carboxylic acid groups (broad SMARTS) is 1. The molecule has 0 aromatic heterocycles. The average Bonchev–Trinajstić information content (AvgIpc) is 2.35. The maximum absolute atomic E-state index is 11.4. The highest BCUT2D eigenvalue weighted by Gasteiger charge is 2.17. The van der Waals surface area contributed by atoms with Crippen molar-refractivity contribution in [2.24, 2.45) is 0 Å². The van der Waals surface area contributed by atoms with Crippen LogP contribution in [0.4, 0.5) is 5.69 Å². The van der Waals surface area contributed by atoms with Crippen LogP contribution in [0.5, 0.6) is 0 Å². The summed E-state index contributed by atoms with van der Waals surface area (Å²) in [6, 6.07) is 4.98. The van der Waals surface area contributed by atoms with E-state index < -0.39 is 5.97 Å². The maximum Gasteiger partial charge on any atom is 0.337 e. The number of likely N-dealkylation sites (N-methyl/N-ethyl adjacent to an activating group) is 2. The Balaban J connectivity index is 3.12. The summed E-state index contributed by atoms with van der Waals surface area (Å²) in [6.45, 7) is 2.56. The minimum absolute atomic E-state index is 0.134. The Morgan fingerprint density at radius 2 is 2.11 bits per heavy atom. The molecule has 2 N–H and O–H groups in total. The molecule has 0 unspecified atom stereocenters. The molecule has 0 aliphatic rings. The van der Waals surface area contributed by atoms with Gasteiger partial charge in [0.25, 0.3) is 0 Å². The van der Waals surface area contributed by atoms with Crippen LogP contribution in [0.3, 0.4) is 0 Å².